The van der Waals surface area contributed by atoms with Crippen LogP contribution in [0.3, 0.4) is 0 Å². The smallest absolute Gasteiger partial charge is 0.332 e. The largest absolute Gasteiger partial charge is 0.490 e. The summed E-state index contributed by atoms with van der Waals surface area (Å²) in [7, 11) is 4.04. The number of hydrogen-bond acceptors (Lipinski definition) is 5. The summed E-state index contributed by atoms with van der Waals surface area (Å²) in [5, 5.41) is 0. The number of nitrogens with zero attached hydrogens (tertiary/aromatic N) is 1. The Kier molecular flexibility index (Phi) is 8.46. The number of hydrogen-bond donors (Lipinski definition) is 1. The van der Waals surface area contributed by atoms with Gasteiger partial charge in [-0.05, 0) is 38.2 Å². The molecule has 0 heterocycles. The third kappa shape index (κ3) is 9.31. The van der Waals surface area contributed by atoms with Crippen molar-refractivity contribution in [2.75, 3.05) is 20.7 Å². The van der Waals surface area contributed by atoms with Crippen LogP contribution in [0, 0.1) is 0 Å². The molecule has 0 aliphatic rings. The summed E-state index contributed by atoms with van der Waals surface area (Å²) in [5.74, 6) is -0.0555. The van der Waals surface area contributed by atoms with E-state index in [9.17, 15) is 9.59 Å². The molecule has 0 aliphatic heterocycles. The minimum absolute atomic E-state index is 0.203. The van der Waals surface area contributed by atoms with Crippen molar-refractivity contribution in [1.82, 2.24) is 10.4 Å². The van der Waals surface area contributed by atoms with Crippen LogP contribution in [0.15, 0.2) is 36.4 Å². The number of carbonyl (C=O) groups is 2. The van der Waals surface area contributed by atoms with Crippen molar-refractivity contribution in [2.45, 2.75) is 26.3 Å². The van der Waals surface area contributed by atoms with E-state index in [-0.39, 0.29) is 6.42 Å². The highest BCUT2D eigenvalue weighted by atomic mass is 16.7. The van der Waals surface area contributed by atoms with E-state index >= 15 is 0 Å². The predicted molar refractivity (Wildman–Crippen MR) is 87.6 cm³/mol. The van der Waals surface area contributed by atoms with E-state index in [0.29, 0.717) is 13.0 Å². The number of amides is 1. The van der Waals surface area contributed by atoms with E-state index < -0.39 is 11.9 Å². The van der Waals surface area contributed by atoms with Gasteiger partial charge in [-0.15, -0.1) is 0 Å². The van der Waals surface area contributed by atoms with Crippen LogP contribution in [0.2, 0.25) is 0 Å². The normalized spacial score (nSPS) is 10.8. The Labute approximate surface area is 137 Å². The number of allylic oxidation sites excluding steroid dienone is 1. The zero-order valence-corrected chi connectivity index (χ0v) is 13.9. The molecule has 0 unspecified atom stereocenters. The Hall–Kier alpha value is -2.34. The quantitative estimate of drug-likeness (QED) is 0.586. The Balaban J connectivity index is 2.23. The zero-order valence-electron chi connectivity index (χ0n) is 13.9. The van der Waals surface area contributed by atoms with Gasteiger partial charge in [0.1, 0.15) is 12.4 Å². The number of benzene rings is 1. The first-order chi connectivity index (χ1) is 11.0. The van der Waals surface area contributed by atoms with Gasteiger partial charge in [0.15, 0.2) is 0 Å². The van der Waals surface area contributed by atoms with Crippen LogP contribution in [0.4, 0.5) is 0 Å². The van der Waals surface area contributed by atoms with Crippen molar-refractivity contribution in [1.29, 1.82) is 0 Å². The van der Waals surface area contributed by atoms with Crippen LogP contribution in [0.1, 0.15) is 25.3 Å². The molecule has 23 heavy (non-hydrogen) atoms. The Morgan fingerprint density at radius 1 is 1.26 bits per heavy atom. The topological polar surface area (TPSA) is 67.9 Å². The highest BCUT2D eigenvalue weighted by Crippen LogP contribution is 2.14. The molecule has 0 saturated carbocycles. The number of hydroxylamine groups is 1. The number of nitrogens with one attached hydrogen (secondary N) is 1. The van der Waals surface area contributed by atoms with Crippen LogP contribution in [0.5, 0.6) is 5.75 Å². The molecule has 6 heteroatoms. The van der Waals surface area contributed by atoms with Gasteiger partial charge in [-0.1, -0.05) is 24.3 Å². The SMILES string of the molecule is CC(=O)NOC(=O)CC/C=C/COc1cccc(CN(C)C)c1. The maximum Gasteiger partial charge on any atom is 0.332 e. The first-order valence-electron chi connectivity index (χ1n) is 7.45. The molecular formula is C17H24N2O4. The Morgan fingerprint density at radius 2 is 2.04 bits per heavy atom. The summed E-state index contributed by atoms with van der Waals surface area (Å²) in [5.41, 5.74) is 3.19. The number of ether oxygens (including phenoxy) is 1. The molecule has 0 fully saturated rings. The third-order valence-electron chi connectivity index (χ3n) is 2.73. The van der Waals surface area contributed by atoms with E-state index in [1.807, 2.05) is 49.9 Å². The number of carbonyl (C=O) groups excluding carboxylic acids is 2. The van der Waals surface area contributed by atoms with Gasteiger partial charge in [-0.2, -0.15) is 5.48 Å². The van der Waals surface area contributed by atoms with Crippen LogP contribution in [0.25, 0.3) is 0 Å². The molecule has 1 amide bonds. The van der Waals surface area contributed by atoms with Crippen molar-refractivity contribution in [3.63, 3.8) is 0 Å². The standard InChI is InChI=1S/C17H24N2O4/c1-14(20)18-23-17(21)10-5-4-6-11-22-16-9-7-8-15(12-16)13-19(2)3/h4,6-9,12H,5,10-11,13H2,1-3H3,(H,18,20)/b6-4+. The van der Waals surface area contributed by atoms with Gasteiger partial charge < -0.3 is 14.5 Å². The summed E-state index contributed by atoms with van der Waals surface area (Å²) in [4.78, 5) is 28.4. The summed E-state index contributed by atoms with van der Waals surface area (Å²) in [6.45, 7) is 2.58. The number of rotatable bonds is 8. The third-order valence-corrected chi connectivity index (χ3v) is 2.73. The molecule has 0 spiro atoms. The second-order valence-corrected chi connectivity index (χ2v) is 5.34. The average molecular weight is 320 g/mol. The highest BCUT2D eigenvalue weighted by molar-refractivity contribution is 5.75. The molecule has 0 aliphatic carbocycles. The fourth-order valence-electron chi connectivity index (χ4n) is 1.81. The Morgan fingerprint density at radius 3 is 2.74 bits per heavy atom. The maximum absolute atomic E-state index is 11.2. The van der Waals surface area contributed by atoms with Gasteiger partial charge in [0.05, 0.1) is 6.42 Å². The molecule has 0 bridgehead atoms. The highest BCUT2D eigenvalue weighted by Gasteiger charge is 2.02. The minimum Gasteiger partial charge on any atom is -0.490 e. The van der Waals surface area contributed by atoms with Gasteiger partial charge in [0.2, 0.25) is 5.91 Å². The van der Waals surface area contributed by atoms with Crippen LogP contribution in [-0.2, 0) is 21.0 Å². The van der Waals surface area contributed by atoms with Gasteiger partial charge in [-0.25, -0.2) is 4.79 Å². The van der Waals surface area contributed by atoms with E-state index in [2.05, 4.69) is 15.8 Å². The fourth-order valence-corrected chi connectivity index (χ4v) is 1.81. The summed E-state index contributed by atoms with van der Waals surface area (Å²) in [6.07, 6.45) is 4.43. The molecule has 1 N–H and O–H groups in total. The van der Waals surface area contributed by atoms with Gasteiger partial charge in [-0.3, -0.25) is 4.79 Å². The molecule has 6 nitrogen and oxygen atoms in total. The second-order valence-electron chi connectivity index (χ2n) is 5.34. The monoisotopic (exact) mass is 320 g/mol. The molecule has 1 aromatic carbocycles. The average Bonchev–Trinajstić information content (AvgIpc) is 2.48. The molecule has 126 valence electrons. The minimum atomic E-state index is -0.470. The van der Waals surface area contributed by atoms with Gasteiger partial charge >= 0.3 is 5.97 Å². The van der Waals surface area contributed by atoms with Crippen molar-refractivity contribution < 1.29 is 19.2 Å². The molecule has 0 saturated heterocycles. The van der Waals surface area contributed by atoms with Crippen LogP contribution >= 0.6 is 0 Å². The van der Waals surface area contributed by atoms with E-state index in [1.54, 1.807) is 0 Å². The lowest BCUT2D eigenvalue weighted by molar-refractivity contribution is -0.157. The second kappa shape index (κ2) is 10.4. The van der Waals surface area contributed by atoms with E-state index in [0.717, 1.165) is 12.3 Å². The predicted octanol–water partition coefficient (Wildman–Crippen LogP) is 2.06. The first kappa shape index (κ1) is 18.7. The molecule has 1 aromatic rings. The zero-order chi connectivity index (χ0) is 17.1. The maximum atomic E-state index is 11.2. The van der Waals surface area contributed by atoms with Gasteiger partial charge in [0, 0.05) is 13.5 Å². The summed E-state index contributed by atoms with van der Waals surface area (Å²) >= 11 is 0. The van der Waals surface area contributed by atoms with Crippen LogP contribution in [-0.4, -0.2) is 37.5 Å². The molecular weight excluding hydrogens is 296 g/mol. The summed E-state index contributed by atoms with van der Waals surface area (Å²) < 4.78 is 5.64. The first-order valence-corrected chi connectivity index (χ1v) is 7.45. The lowest BCUT2D eigenvalue weighted by Crippen LogP contribution is -2.24. The van der Waals surface area contributed by atoms with E-state index in [4.69, 9.17) is 4.74 Å². The molecule has 1 rings (SSSR count). The Bertz CT molecular complexity index is 541. The summed E-state index contributed by atoms with van der Waals surface area (Å²) in [6, 6.07) is 7.95. The van der Waals surface area contributed by atoms with E-state index in [1.165, 1.54) is 12.5 Å². The van der Waals surface area contributed by atoms with Crippen LogP contribution < -0.4 is 10.2 Å². The van der Waals surface area contributed by atoms with Crippen molar-refractivity contribution in [2.24, 2.45) is 0 Å². The lowest BCUT2D eigenvalue weighted by atomic mass is 10.2. The van der Waals surface area contributed by atoms with Crippen molar-refractivity contribution in [3.8, 4) is 5.75 Å². The van der Waals surface area contributed by atoms with Crippen molar-refractivity contribution >= 4 is 11.9 Å². The molecule has 0 atom stereocenters. The van der Waals surface area contributed by atoms with Crippen molar-refractivity contribution in [3.05, 3.63) is 42.0 Å². The molecule has 0 aromatic heterocycles. The molecule has 0 radical (unpaired) electrons. The lowest BCUT2D eigenvalue weighted by Gasteiger charge is -2.11. The van der Waals surface area contributed by atoms with Gasteiger partial charge in [0.25, 0.3) is 0 Å². The fraction of sp³-hybridized carbons (Fsp3) is 0.412.